The lowest BCUT2D eigenvalue weighted by molar-refractivity contribution is -0.127. The third kappa shape index (κ3) is 14.8. The van der Waals surface area contributed by atoms with Crippen LogP contribution in [0.4, 0.5) is 34.1 Å². The standard InChI is InChI=1S/C50H49Cl5N8O8/c1-7-70-41-19-16-32(24-36(41)26(3)52)56-47(66)34-11-9-13-39(43(34)54)60-62-45(28(5)64)49(68)58-31-15-18-38(30(23-31)21-22-51)59-50(69)46(29(6)65)63-61-40-14-10-12-35(44(40)55)48(67)57-33-17-20-42(71-8-2)37(25-33)27(4)53/h9-20,23-27,45-46H,7-8,21-22H2,1-6H3,(H,56,66)(H,57,67)(H,58,68)(H,59,69). The van der Waals surface area contributed by atoms with Gasteiger partial charge in [0.05, 0.1) is 45.1 Å². The number of alkyl halides is 3. The van der Waals surface area contributed by atoms with Gasteiger partial charge in [0.1, 0.15) is 22.9 Å². The van der Waals surface area contributed by atoms with Crippen LogP contribution in [0.15, 0.2) is 111 Å². The molecule has 0 spiro atoms. The van der Waals surface area contributed by atoms with Crippen LogP contribution in [0.3, 0.4) is 0 Å². The maximum atomic E-state index is 13.6. The van der Waals surface area contributed by atoms with Crippen LogP contribution in [0.25, 0.3) is 0 Å². The SMILES string of the molecule is CCOc1ccc(NC(=O)c2cccc(N=NC(C(C)=O)C(=O)Nc3ccc(NC(=O)C(N=Nc4cccc(C(=O)Nc5ccc(OCC)c(C(C)Cl)c5)c4Cl)C(C)=O)c(CCCl)c3)c2Cl)cc1C(C)Cl. The second-order valence-corrected chi connectivity index (χ2v) is 18.0. The number of nitrogens with zero attached hydrogens (tertiary/aromatic N) is 4. The molecule has 0 saturated carbocycles. The third-order valence-electron chi connectivity index (χ3n) is 10.3. The molecule has 5 aromatic rings. The average Bonchev–Trinajstić information content (AvgIpc) is 3.31. The Balaban J connectivity index is 1.27. The normalized spacial score (nSPS) is 12.9. The molecule has 4 atom stereocenters. The Labute approximate surface area is 435 Å². The molecule has 0 aliphatic heterocycles. The van der Waals surface area contributed by atoms with Crippen molar-refractivity contribution in [2.45, 2.75) is 70.8 Å². The third-order valence-corrected chi connectivity index (χ3v) is 11.7. The van der Waals surface area contributed by atoms with Gasteiger partial charge in [-0.05, 0) is 132 Å². The first-order valence-corrected chi connectivity index (χ1v) is 24.2. The first kappa shape index (κ1) is 55.5. The average molecular weight is 1070 g/mol. The van der Waals surface area contributed by atoms with E-state index in [9.17, 15) is 28.8 Å². The number of halogens is 5. The molecule has 4 N–H and O–H groups in total. The largest absolute Gasteiger partial charge is 0.494 e. The molecule has 372 valence electrons. The van der Waals surface area contributed by atoms with Crippen molar-refractivity contribution in [3.05, 3.63) is 129 Å². The van der Waals surface area contributed by atoms with E-state index in [-0.39, 0.29) is 56.2 Å². The number of Topliss-reactive ketones (excluding diaryl/α,β-unsaturated/α-hetero) is 2. The van der Waals surface area contributed by atoms with E-state index in [1.54, 1.807) is 50.2 Å². The van der Waals surface area contributed by atoms with Gasteiger partial charge in [-0.3, -0.25) is 28.8 Å². The van der Waals surface area contributed by atoms with Gasteiger partial charge in [0.15, 0.2) is 11.6 Å². The maximum absolute atomic E-state index is 13.6. The smallest absolute Gasteiger partial charge is 0.258 e. The molecule has 71 heavy (non-hydrogen) atoms. The van der Waals surface area contributed by atoms with Crippen LogP contribution in [0.2, 0.25) is 10.0 Å². The Morgan fingerprint density at radius 2 is 1.00 bits per heavy atom. The van der Waals surface area contributed by atoms with Gasteiger partial charge in [-0.25, -0.2) is 0 Å². The van der Waals surface area contributed by atoms with Crippen LogP contribution >= 0.6 is 58.0 Å². The molecule has 16 nitrogen and oxygen atoms in total. The van der Waals surface area contributed by atoms with E-state index in [0.29, 0.717) is 52.8 Å². The summed E-state index contributed by atoms with van der Waals surface area (Å²) in [5.74, 6) is -2.85. The molecule has 5 rings (SSSR count). The lowest BCUT2D eigenvalue weighted by Crippen LogP contribution is -2.32. The van der Waals surface area contributed by atoms with E-state index in [0.717, 1.165) is 13.8 Å². The summed E-state index contributed by atoms with van der Waals surface area (Å²) in [6.07, 6.45) is 0.199. The summed E-state index contributed by atoms with van der Waals surface area (Å²) < 4.78 is 11.3. The maximum Gasteiger partial charge on any atom is 0.258 e. The lowest BCUT2D eigenvalue weighted by Gasteiger charge is -2.16. The van der Waals surface area contributed by atoms with Gasteiger partial charge < -0.3 is 30.7 Å². The quantitative estimate of drug-likeness (QED) is 0.0296. The molecule has 0 bridgehead atoms. The minimum absolute atomic E-state index is 0.0167. The number of carbonyl (C=O) groups is 6. The van der Waals surface area contributed by atoms with E-state index in [1.165, 1.54) is 54.6 Å². The highest BCUT2D eigenvalue weighted by molar-refractivity contribution is 6.37. The molecule has 0 aliphatic rings. The molecule has 0 aromatic heterocycles. The van der Waals surface area contributed by atoms with E-state index < -0.39 is 58.0 Å². The van der Waals surface area contributed by atoms with Gasteiger partial charge in [0.25, 0.3) is 23.6 Å². The highest BCUT2D eigenvalue weighted by Crippen LogP contribution is 2.36. The minimum Gasteiger partial charge on any atom is -0.494 e. The zero-order chi connectivity index (χ0) is 51.9. The first-order valence-electron chi connectivity index (χ1n) is 22.0. The summed E-state index contributed by atoms with van der Waals surface area (Å²) in [6.45, 7) is 10.4. The van der Waals surface area contributed by atoms with Crippen molar-refractivity contribution in [1.29, 1.82) is 0 Å². The van der Waals surface area contributed by atoms with Gasteiger partial charge in [0, 0.05) is 39.8 Å². The highest BCUT2D eigenvalue weighted by Gasteiger charge is 2.27. The van der Waals surface area contributed by atoms with Gasteiger partial charge in [-0.2, -0.15) is 20.5 Å². The van der Waals surface area contributed by atoms with Gasteiger partial charge in [-0.15, -0.1) is 34.8 Å². The van der Waals surface area contributed by atoms with Crippen LogP contribution in [-0.4, -0.2) is 66.4 Å². The molecular weight excluding hydrogens is 1020 g/mol. The molecule has 4 unspecified atom stereocenters. The van der Waals surface area contributed by atoms with E-state index in [2.05, 4.69) is 41.7 Å². The predicted octanol–water partition coefficient (Wildman–Crippen LogP) is 13.0. The van der Waals surface area contributed by atoms with Crippen molar-refractivity contribution in [3.63, 3.8) is 0 Å². The summed E-state index contributed by atoms with van der Waals surface area (Å²) in [7, 11) is 0. The summed E-state index contributed by atoms with van der Waals surface area (Å²) in [6, 6.07) is 20.2. The molecular formula is C50H49Cl5N8O8. The number of aryl methyl sites for hydroxylation is 1. The Bertz CT molecular complexity index is 2880. The van der Waals surface area contributed by atoms with Crippen LogP contribution < -0.4 is 30.7 Å². The lowest BCUT2D eigenvalue weighted by atomic mass is 10.1. The number of hydrogen-bond donors (Lipinski definition) is 4. The Kier molecular flexibility index (Phi) is 20.4. The van der Waals surface area contributed by atoms with Crippen LogP contribution in [-0.2, 0) is 25.6 Å². The Morgan fingerprint density at radius 3 is 1.41 bits per heavy atom. The van der Waals surface area contributed by atoms with Crippen molar-refractivity contribution >= 4 is 127 Å². The number of ether oxygens (including phenoxy) is 2. The molecule has 0 heterocycles. The van der Waals surface area contributed by atoms with E-state index >= 15 is 0 Å². The fourth-order valence-corrected chi connectivity index (χ4v) is 7.82. The number of anilines is 4. The van der Waals surface area contributed by atoms with Crippen molar-refractivity contribution < 1.29 is 38.2 Å². The molecule has 0 fully saturated rings. The highest BCUT2D eigenvalue weighted by atomic mass is 35.5. The van der Waals surface area contributed by atoms with Gasteiger partial charge in [0.2, 0.25) is 12.1 Å². The zero-order valence-electron chi connectivity index (χ0n) is 39.2. The number of amides is 4. The second-order valence-electron chi connectivity index (χ2n) is 15.5. The second kappa shape index (κ2) is 26.1. The number of ketones is 2. The molecule has 4 amide bonds. The Hall–Kier alpha value is -6.43. The molecule has 0 aliphatic carbocycles. The van der Waals surface area contributed by atoms with Crippen molar-refractivity contribution in [2.75, 3.05) is 40.4 Å². The topological polar surface area (TPSA) is 218 Å². The van der Waals surface area contributed by atoms with Crippen LogP contribution in [0, 0.1) is 0 Å². The molecule has 0 radical (unpaired) electrons. The number of nitrogens with one attached hydrogen (secondary N) is 4. The fraction of sp³-hybridized carbons (Fsp3) is 0.280. The summed E-state index contributed by atoms with van der Waals surface area (Å²) >= 11 is 32.0. The zero-order valence-corrected chi connectivity index (χ0v) is 43.0. The summed E-state index contributed by atoms with van der Waals surface area (Å²) in [5, 5.41) is 26.0. The Morgan fingerprint density at radius 1 is 0.577 bits per heavy atom. The molecule has 0 saturated heterocycles. The number of benzene rings is 5. The van der Waals surface area contributed by atoms with Crippen molar-refractivity contribution in [2.24, 2.45) is 20.5 Å². The van der Waals surface area contributed by atoms with Gasteiger partial charge >= 0.3 is 0 Å². The molecule has 21 heteroatoms. The number of rotatable bonds is 22. The minimum atomic E-state index is -1.64. The monoisotopic (exact) mass is 1060 g/mol. The van der Waals surface area contributed by atoms with Crippen molar-refractivity contribution in [3.8, 4) is 11.5 Å². The fourth-order valence-electron chi connectivity index (χ4n) is 6.78. The molecule has 5 aromatic carbocycles. The van der Waals surface area contributed by atoms with Crippen LogP contribution in [0.1, 0.15) is 89.7 Å². The summed E-state index contributed by atoms with van der Waals surface area (Å²) in [5.41, 5.74) is 3.28. The summed E-state index contributed by atoms with van der Waals surface area (Å²) in [4.78, 5) is 79.2. The van der Waals surface area contributed by atoms with E-state index in [4.69, 9.17) is 67.5 Å². The van der Waals surface area contributed by atoms with E-state index in [1.807, 2.05) is 13.8 Å². The number of hydrogen-bond acceptors (Lipinski definition) is 12. The first-order chi connectivity index (χ1) is 33.9. The van der Waals surface area contributed by atoms with Crippen LogP contribution in [0.5, 0.6) is 11.5 Å². The van der Waals surface area contributed by atoms with Gasteiger partial charge in [-0.1, -0.05) is 35.3 Å². The van der Waals surface area contributed by atoms with Crippen molar-refractivity contribution in [1.82, 2.24) is 0 Å². The predicted molar refractivity (Wildman–Crippen MR) is 279 cm³/mol. The number of carbonyl (C=O) groups excluding carboxylic acids is 6. The number of azo groups is 2.